The lowest BCUT2D eigenvalue weighted by molar-refractivity contribution is -0.124. The summed E-state index contributed by atoms with van der Waals surface area (Å²) in [4.78, 5) is 16.5. The van der Waals surface area contributed by atoms with Crippen molar-refractivity contribution in [3.05, 3.63) is 54.1 Å². The Hall–Kier alpha value is -2.80. The highest BCUT2D eigenvalue weighted by Crippen LogP contribution is 2.26. The van der Waals surface area contributed by atoms with Crippen LogP contribution in [0, 0.1) is 0 Å². The Morgan fingerprint density at radius 1 is 1.25 bits per heavy atom. The summed E-state index contributed by atoms with van der Waals surface area (Å²) < 4.78 is 5.00. The fraction of sp³-hybridized carbons (Fsp3) is 0.118. The SMILES string of the molecule is COc1ccc(/C=N/N2C(=O)CSC2=Nc2ccccc2)cc1O. The number of hydrazone groups is 1. The molecule has 1 aliphatic heterocycles. The minimum Gasteiger partial charge on any atom is -0.504 e. The monoisotopic (exact) mass is 341 g/mol. The van der Waals surface area contributed by atoms with Crippen LogP contribution >= 0.6 is 11.8 Å². The van der Waals surface area contributed by atoms with E-state index in [1.807, 2.05) is 30.3 Å². The summed E-state index contributed by atoms with van der Waals surface area (Å²) in [5, 5.41) is 15.8. The number of amidine groups is 1. The molecule has 0 aliphatic carbocycles. The molecule has 0 saturated carbocycles. The highest BCUT2D eigenvalue weighted by molar-refractivity contribution is 8.15. The molecule has 24 heavy (non-hydrogen) atoms. The van der Waals surface area contributed by atoms with Crippen LogP contribution in [0.3, 0.4) is 0 Å². The number of ether oxygens (including phenoxy) is 1. The first-order chi connectivity index (χ1) is 11.7. The summed E-state index contributed by atoms with van der Waals surface area (Å²) in [7, 11) is 1.48. The number of thioether (sulfide) groups is 1. The molecule has 0 spiro atoms. The molecule has 1 heterocycles. The van der Waals surface area contributed by atoms with Gasteiger partial charge in [0, 0.05) is 0 Å². The van der Waals surface area contributed by atoms with Crippen LogP contribution in [0.5, 0.6) is 11.5 Å². The number of nitrogens with zero attached hydrogens (tertiary/aromatic N) is 3. The number of carbonyl (C=O) groups excluding carboxylic acids is 1. The van der Waals surface area contributed by atoms with E-state index in [0.717, 1.165) is 5.69 Å². The van der Waals surface area contributed by atoms with Crippen molar-refractivity contribution < 1.29 is 14.6 Å². The number of phenolic OH excluding ortho intramolecular Hbond substituents is 1. The fourth-order valence-corrected chi connectivity index (χ4v) is 2.89. The Labute approximate surface area is 143 Å². The summed E-state index contributed by atoms with van der Waals surface area (Å²) in [6.07, 6.45) is 1.50. The van der Waals surface area contributed by atoms with Crippen LogP contribution in [0.15, 0.2) is 58.6 Å². The minimum absolute atomic E-state index is 0.0155. The molecule has 0 radical (unpaired) electrons. The third-order valence-electron chi connectivity index (χ3n) is 3.25. The maximum Gasteiger partial charge on any atom is 0.259 e. The molecule has 0 atom stereocenters. The molecule has 2 aromatic carbocycles. The second-order valence-electron chi connectivity index (χ2n) is 4.90. The van der Waals surface area contributed by atoms with Gasteiger partial charge in [0.25, 0.3) is 5.91 Å². The molecular weight excluding hydrogens is 326 g/mol. The fourth-order valence-electron chi connectivity index (χ4n) is 2.07. The van der Waals surface area contributed by atoms with E-state index in [-0.39, 0.29) is 11.7 Å². The predicted molar refractivity (Wildman–Crippen MR) is 95.1 cm³/mol. The number of para-hydroxylation sites is 1. The average molecular weight is 341 g/mol. The minimum atomic E-state index is -0.135. The van der Waals surface area contributed by atoms with Gasteiger partial charge in [0.15, 0.2) is 16.7 Å². The van der Waals surface area contributed by atoms with Gasteiger partial charge in [0.2, 0.25) is 0 Å². The zero-order valence-electron chi connectivity index (χ0n) is 12.9. The average Bonchev–Trinajstić information content (AvgIpc) is 2.94. The second kappa shape index (κ2) is 7.18. The lowest BCUT2D eigenvalue weighted by atomic mass is 10.2. The molecule has 0 bridgehead atoms. The number of benzene rings is 2. The largest absolute Gasteiger partial charge is 0.504 e. The molecule has 0 aromatic heterocycles. The Morgan fingerprint density at radius 2 is 2.04 bits per heavy atom. The Kier molecular flexibility index (Phi) is 4.81. The first-order valence-electron chi connectivity index (χ1n) is 7.18. The van der Waals surface area contributed by atoms with Crippen LogP contribution in [-0.4, -0.2) is 40.3 Å². The predicted octanol–water partition coefficient (Wildman–Crippen LogP) is 3.00. The van der Waals surface area contributed by atoms with E-state index in [1.165, 1.54) is 36.2 Å². The van der Waals surface area contributed by atoms with Gasteiger partial charge in [-0.05, 0) is 35.9 Å². The van der Waals surface area contributed by atoms with Crippen molar-refractivity contribution in [2.24, 2.45) is 10.1 Å². The van der Waals surface area contributed by atoms with Crippen LogP contribution in [0.25, 0.3) is 0 Å². The molecule has 1 fully saturated rings. The van der Waals surface area contributed by atoms with Crippen molar-refractivity contribution in [1.82, 2.24) is 5.01 Å². The molecular formula is C17H15N3O3S. The van der Waals surface area contributed by atoms with Crippen molar-refractivity contribution in [3.8, 4) is 11.5 Å². The van der Waals surface area contributed by atoms with Crippen molar-refractivity contribution >= 4 is 34.7 Å². The van der Waals surface area contributed by atoms with Crippen molar-refractivity contribution in [2.75, 3.05) is 12.9 Å². The van der Waals surface area contributed by atoms with Crippen LogP contribution in [0.4, 0.5) is 5.69 Å². The first-order valence-corrected chi connectivity index (χ1v) is 8.16. The first kappa shape index (κ1) is 16.1. The molecule has 6 nitrogen and oxygen atoms in total. The third kappa shape index (κ3) is 3.57. The number of amides is 1. The van der Waals surface area contributed by atoms with E-state index in [1.54, 1.807) is 12.1 Å². The molecule has 1 amide bonds. The molecule has 0 unspecified atom stereocenters. The van der Waals surface area contributed by atoms with Gasteiger partial charge in [-0.15, -0.1) is 0 Å². The Bertz CT molecular complexity index is 806. The van der Waals surface area contributed by atoms with Gasteiger partial charge in [0.05, 0.1) is 24.8 Å². The lowest BCUT2D eigenvalue weighted by Gasteiger charge is -2.09. The van der Waals surface area contributed by atoms with Crippen molar-refractivity contribution in [2.45, 2.75) is 0 Å². The summed E-state index contributed by atoms with van der Waals surface area (Å²) in [6, 6.07) is 14.3. The Morgan fingerprint density at radius 3 is 2.75 bits per heavy atom. The molecule has 3 rings (SSSR count). The number of phenols is 1. The summed E-state index contributed by atoms with van der Waals surface area (Å²) in [6.45, 7) is 0. The molecule has 122 valence electrons. The molecule has 1 saturated heterocycles. The molecule has 1 N–H and O–H groups in total. The highest BCUT2D eigenvalue weighted by Gasteiger charge is 2.28. The van der Waals surface area contributed by atoms with E-state index in [2.05, 4.69) is 10.1 Å². The van der Waals surface area contributed by atoms with Gasteiger partial charge in [-0.25, -0.2) is 4.99 Å². The standard InChI is InChI=1S/C17H15N3O3S/c1-23-15-8-7-12(9-14(15)21)10-18-20-16(22)11-24-17(20)19-13-5-3-2-4-6-13/h2-10,21H,11H2,1H3/b18-10+,19-17?. The zero-order chi connectivity index (χ0) is 16.9. The van der Waals surface area contributed by atoms with Gasteiger partial charge < -0.3 is 9.84 Å². The van der Waals surface area contributed by atoms with E-state index in [4.69, 9.17) is 4.74 Å². The van der Waals surface area contributed by atoms with Gasteiger partial charge in [-0.1, -0.05) is 30.0 Å². The second-order valence-corrected chi connectivity index (χ2v) is 5.84. The quantitative estimate of drug-likeness (QED) is 0.868. The summed E-state index contributed by atoms with van der Waals surface area (Å²) in [5.41, 5.74) is 1.41. The zero-order valence-corrected chi connectivity index (χ0v) is 13.7. The number of rotatable bonds is 4. The van der Waals surface area contributed by atoms with Gasteiger partial charge in [-0.2, -0.15) is 10.1 Å². The van der Waals surface area contributed by atoms with Crippen molar-refractivity contribution in [1.29, 1.82) is 0 Å². The maximum atomic E-state index is 12.0. The number of hydrogen-bond donors (Lipinski definition) is 1. The van der Waals surface area contributed by atoms with E-state index in [9.17, 15) is 9.90 Å². The molecule has 2 aromatic rings. The number of carbonyl (C=O) groups is 1. The molecule has 1 aliphatic rings. The van der Waals surface area contributed by atoms with Gasteiger partial charge >= 0.3 is 0 Å². The number of aromatic hydroxyl groups is 1. The third-order valence-corrected chi connectivity index (χ3v) is 4.16. The highest BCUT2D eigenvalue weighted by atomic mass is 32.2. The van der Waals surface area contributed by atoms with Crippen molar-refractivity contribution in [3.63, 3.8) is 0 Å². The van der Waals surface area contributed by atoms with Crippen LogP contribution in [-0.2, 0) is 4.79 Å². The smallest absolute Gasteiger partial charge is 0.259 e. The lowest BCUT2D eigenvalue weighted by Crippen LogP contribution is -2.23. The maximum absolute atomic E-state index is 12.0. The number of aliphatic imine (C=N–C) groups is 1. The van der Waals surface area contributed by atoms with E-state index < -0.39 is 0 Å². The van der Waals surface area contributed by atoms with Crippen LogP contribution in [0.1, 0.15) is 5.56 Å². The number of hydrogen-bond acceptors (Lipinski definition) is 6. The Balaban J connectivity index is 1.82. The van der Waals surface area contributed by atoms with Crippen LogP contribution < -0.4 is 4.74 Å². The van der Waals surface area contributed by atoms with Gasteiger partial charge in [-0.3, -0.25) is 4.79 Å². The van der Waals surface area contributed by atoms with E-state index >= 15 is 0 Å². The molecule has 7 heteroatoms. The summed E-state index contributed by atoms with van der Waals surface area (Å²) >= 11 is 1.34. The number of methoxy groups -OCH3 is 1. The topological polar surface area (TPSA) is 74.5 Å². The normalized spacial score (nSPS) is 16.3. The van der Waals surface area contributed by atoms with E-state index in [0.29, 0.717) is 22.2 Å². The van der Waals surface area contributed by atoms with Gasteiger partial charge in [0.1, 0.15) is 0 Å². The summed E-state index contributed by atoms with van der Waals surface area (Å²) in [5.74, 6) is 0.563. The van der Waals surface area contributed by atoms with Crippen LogP contribution in [0.2, 0.25) is 0 Å².